The van der Waals surface area contributed by atoms with E-state index in [9.17, 15) is 4.79 Å². The van der Waals surface area contributed by atoms with Crippen LogP contribution < -0.4 is 11.1 Å². The summed E-state index contributed by atoms with van der Waals surface area (Å²) in [5, 5.41) is 3.41. The minimum Gasteiger partial charge on any atom is -0.338 e. The van der Waals surface area contributed by atoms with E-state index in [-0.39, 0.29) is 5.91 Å². The van der Waals surface area contributed by atoms with Crippen molar-refractivity contribution in [1.29, 1.82) is 0 Å². The van der Waals surface area contributed by atoms with Crippen LogP contribution in [-0.4, -0.2) is 61.0 Å². The summed E-state index contributed by atoms with van der Waals surface area (Å²) < 4.78 is 0.989. The van der Waals surface area contributed by atoms with Gasteiger partial charge in [0.15, 0.2) is 0 Å². The molecule has 2 aliphatic rings. The Labute approximate surface area is 146 Å². The second-order valence-corrected chi connectivity index (χ2v) is 7.60. The Morgan fingerprint density at radius 1 is 1.26 bits per heavy atom. The SMILES string of the molecule is CC(N)(C(=O)N1CCN(C2CCNC2)CC1)c1ccc(Br)cc1. The lowest BCUT2D eigenvalue weighted by Gasteiger charge is -2.40. The fourth-order valence-corrected chi connectivity index (χ4v) is 3.75. The van der Waals surface area contributed by atoms with Gasteiger partial charge >= 0.3 is 0 Å². The van der Waals surface area contributed by atoms with E-state index >= 15 is 0 Å². The van der Waals surface area contributed by atoms with Gasteiger partial charge in [0.05, 0.1) is 0 Å². The monoisotopic (exact) mass is 380 g/mol. The van der Waals surface area contributed by atoms with Crippen LogP contribution in [-0.2, 0) is 10.3 Å². The molecule has 2 saturated heterocycles. The first-order valence-electron chi connectivity index (χ1n) is 8.27. The number of benzene rings is 1. The fraction of sp³-hybridized carbons (Fsp3) is 0.588. The first kappa shape index (κ1) is 16.9. The van der Waals surface area contributed by atoms with E-state index in [2.05, 4.69) is 26.1 Å². The zero-order valence-electron chi connectivity index (χ0n) is 13.6. The molecule has 2 atom stereocenters. The predicted octanol–water partition coefficient (Wildman–Crippen LogP) is 1.13. The maximum atomic E-state index is 12.9. The quantitative estimate of drug-likeness (QED) is 0.824. The molecule has 0 bridgehead atoms. The van der Waals surface area contributed by atoms with E-state index in [1.165, 1.54) is 6.42 Å². The van der Waals surface area contributed by atoms with Gasteiger partial charge in [-0.2, -0.15) is 0 Å². The predicted molar refractivity (Wildman–Crippen MR) is 95.1 cm³/mol. The highest BCUT2D eigenvalue weighted by Gasteiger charge is 2.36. The average Bonchev–Trinajstić information content (AvgIpc) is 3.09. The van der Waals surface area contributed by atoms with Gasteiger partial charge in [-0.25, -0.2) is 0 Å². The summed E-state index contributed by atoms with van der Waals surface area (Å²) in [6.07, 6.45) is 1.21. The van der Waals surface area contributed by atoms with Gasteiger partial charge in [-0.1, -0.05) is 28.1 Å². The summed E-state index contributed by atoms with van der Waals surface area (Å²) >= 11 is 3.42. The summed E-state index contributed by atoms with van der Waals surface area (Å²) in [6.45, 7) is 7.39. The van der Waals surface area contributed by atoms with E-state index in [4.69, 9.17) is 5.73 Å². The van der Waals surface area contributed by atoms with Gasteiger partial charge in [-0.15, -0.1) is 0 Å². The molecule has 0 saturated carbocycles. The molecule has 1 amide bonds. The zero-order valence-corrected chi connectivity index (χ0v) is 15.2. The number of rotatable bonds is 3. The topological polar surface area (TPSA) is 61.6 Å². The number of piperazine rings is 1. The van der Waals surface area contributed by atoms with Crippen LogP contribution in [0.3, 0.4) is 0 Å². The molecule has 2 aliphatic heterocycles. The van der Waals surface area contributed by atoms with Crippen molar-refractivity contribution in [1.82, 2.24) is 15.1 Å². The molecule has 1 aromatic rings. The van der Waals surface area contributed by atoms with Crippen LogP contribution in [0, 0.1) is 0 Å². The number of halogens is 1. The number of nitrogens with two attached hydrogens (primary N) is 1. The van der Waals surface area contributed by atoms with Crippen LogP contribution in [0.1, 0.15) is 18.9 Å². The van der Waals surface area contributed by atoms with Gasteiger partial charge in [0.25, 0.3) is 0 Å². The van der Waals surface area contributed by atoms with Crippen molar-refractivity contribution in [2.45, 2.75) is 24.9 Å². The van der Waals surface area contributed by atoms with Gasteiger partial charge in [0, 0.05) is 43.2 Å². The Bertz CT molecular complexity index is 546. The van der Waals surface area contributed by atoms with Crippen LogP contribution in [0.4, 0.5) is 0 Å². The molecule has 0 spiro atoms. The highest BCUT2D eigenvalue weighted by molar-refractivity contribution is 9.10. The van der Waals surface area contributed by atoms with Gasteiger partial charge in [-0.05, 0) is 37.6 Å². The van der Waals surface area contributed by atoms with Crippen molar-refractivity contribution in [3.8, 4) is 0 Å². The van der Waals surface area contributed by atoms with Gasteiger partial charge in [0.1, 0.15) is 5.54 Å². The lowest BCUT2D eigenvalue weighted by Crippen LogP contribution is -2.58. The van der Waals surface area contributed by atoms with Crippen molar-refractivity contribution in [3.63, 3.8) is 0 Å². The van der Waals surface area contributed by atoms with E-state index < -0.39 is 5.54 Å². The summed E-state index contributed by atoms with van der Waals surface area (Å²) in [5.74, 6) is 0.0176. The lowest BCUT2D eigenvalue weighted by molar-refractivity contribution is -0.138. The van der Waals surface area contributed by atoms with E-state index in [0.29, 0.717) is 6.04 Å². The molecule has 3 rings (SSSR count). The number of carbonyl (C=O) groups excluding carboxylic acids is 1. The summed E-state index contributed by atoms with van der Waals surface area (Å²) in [4.78, 5) is 17.3. The standard InChI is InChI=1S/C17H25BrN4O/c1-17(19,13-2-4-14(18)5-3-13)16(23)22-10-8-21(9-11-22)15-6-7-20-12-15/h2-5,15,20H,6-12,19H2,1H3. The number of hydrogen-bond donors (Lipinski definition) is 2. The molecule has 0 aromatic heterocycles. The average molecular weight is 381 g/mol. The molecule has 0 radical (unpaired) electrons. The molecule has 2 heterocycles. The molecule has 2 unspecified atom stereocenters. The fourth-order valence-electron chi connectivity index (χ4n) is 3.49. The molecule has 3 N–H and O–H groups in total. The summed E-state index contributed by atoms with van der Waals surface area (Å²) in [5.41, 5.74) is 6.27. The zero-order chi connectivity index (χ0) is 16.4. The van der Waals surface area contributed by atoms with Crippen molar-refractivity contribution in [3.05, 3.63) is 34.3 Å². The minimum atomic E-state index is -0.974. The van der Waals surface area contributed by atoms with Gasteiger partial charge in [-0.3, -0.25) is 9.69 Å². The van der Waals surface area contributed by atoms with Crippen LogP contribution in [0.2, 0.25) is 0 Å². The highest BCUT2D eigenvalue weighted by Crippen LogP contribution is 2.24. The molecule has 0 aliphatic carbocycles. The second-order valence-electron chi connectivity index (χ2n) is 6.68. The number of hydrogen-bond acceptors (Lipinski definition) is 4. The third-order valence-electron chi connectivity index (χ3n) is 5.04. The maximum Gasteiger partial charge on any atom is 0.247 e. The number of amides is 1. The van der Waals surface area contributed by atoms with Crippen molar-refractivity contribution in [2.24, 2.45) is 5.73 Å². The Morgan fingerprint density at radius 2 is 1.91 bits per heavy atom. The molecular weight excluding hydrogens is 356 g/mol. The molecule has 126 valence electrons. The first-order valence-corrected chi connectivity index (χ1v) is 9.07. The van der Waals surface area contributed by atoms with E-state index in [1.807, 2.05) is 36.1 Å². The highest BCUT2D eigenvalue weighted by atomic mass is 79.9. The molecule has 6 heteroatoms. The number of nitrogens with zero attached hydrogens (tertiary/aromatic N) is 2. The van der Waals surface area contributed by atoms with Crippen LogP contribution >= 0.6 is 15.9 Å². The lowest BCUT2D eigenvalue weighted by atomic mass is 9.91. The molecule has 23 heavy (non-hydrogen) atoms. The summed E-state index contributed by atoms with van der Waals surface area (Å²) in [7, 11) is 0. The minimum absolute atomic E-state index is 0.0176. The van der Waals surface area contributed by atoms with Gasteiger partial charge < -0.3 is 16.0 Å². The Balaban J connectivity index is 1.62. The van der Waals surface area contributed by atoms with Crippen LogP contribution in [0.5, 0.6) is 0 Å². The summed E-state index contributed by atoms with van der Waals surface area (Å²) in [6, 6.07) is 8.32. The van der Waals surface area contributed by atoms with Crippen molar-refractivity contribution in [2.75, 3.05) is 39.3 Å². The van der Waals surface area contributed by atoms with E-state index in [1.54, 1.807) is 0 Å². The maximum absolute atomic E-state index is 12.9. The van der Waals surface area contributed by atoms with Crippen LogP contribution in [0.15, 0.2) is 28.7 Å². The Kier molecular flexibility index (Phi) is 5.06. The largest absolute Gasteiger partial charge is 0.338 e. The first-order chi connectivity index (χ1) is 11.0. The molecule has 2 fully saturated rings. The van der Waals surface area contributed by atoms with Crippen molar-refractivity contribution < 1.29 is 4.79 Å². The van der Waals surface area contributed by atoms with E-state index in [0.717, 1.165) is 49.3 Å². The van der Waals surface area contributed by atoms with Crippen LogP contribution in [0.25, 0.3) is 0 Å². The molecule has 1 aromatic carbocycles. The smallest absolute Gasteiger partial charge is 0.247 e. The second kappa shape index (κ2) is 6.89. The Hall–Kier alpha value is -0.950. The van der Waals surface area contributed by atoms with Gasteiger partial charge in [0.2, 0.25) is 5.91 Å². The molecule has 5 nitrogen and oxygen atoms in total. The normalized spacial score (nSPS) is 25.3. The van der Waals surface area contributed by atoms with Crippen molar-refractivity contribution >= 4 is 21.8 Å². The third-order valence-corrected chi connectivity index (χ3v) is 5.57. The molecular formula is C17H25BrN4O. The Morgan fingerprint density at radius 3 is 2.48 bits per heavy atom. The third kappa shape index (κ3) is 3.60. The number of carbonyl (C=O) groups is 1. The number of nitrogens with one attached hydrogen (secondary N) is 1.